The highest BCUT2D eigenvalue weighted by atomic mass is 31.2. The van der Waals surface area contributed by atoms with Crippen molar-refractivity contribution in [2.75, 3.05) is 40.9 Å². The lowest BCUT2D eigenvalue weighted by molar-refractivity contribution is -0.873. The number of phosphoric ester groups is 1. The monoisotopic (exact) mass is 371 g/mol. The summed E-state index contributed by atoms with van der Waals surface area (Å²) in [6.07, 6.45) is -0.647. The van der Waals surface area contributed by atoms with E-state index in [4.69, 9.17) is 24.4 Å². The topological polar surface area (TPSA) is 136 Å². The third-order valence-corrected chi connectivity index (χ3v) is 3.91. The summed E-state index contributed by atoms with van der Waals surface area (Å²) in [6.45, 7) is 1.25. The Kier molecular flexibility index (Phi) is 10.2. The molecule has 0 amide bonds. The van der Waals surface area contributed by atoms with E-state index < -0.39 is 39.2 Å². The van der Waals surface area contributed by atoms with Crippen LogP contribution in [0.4, 0.5) is 0 Å². The number of rotatable bonds is 12. The average Bonchev–Trinajstić information content (AvgIpc) is 2.40. The van der Waals surface area contributed by atoms with E-state index >= 15 is 0 Å². The number of hydrogen-bond acceptors (Lipinski definition) is 7. The molecule has 24 heavy (non-hydrogen) atoms. The summed E-state index contributed by atoms with van der Waals surface area (Å²) in [4.78, 5) is 31.6. The van der Waals surface area contributed by atoms with E-state index in [0.29, 0.717) is 23.9 Å². The van der Waals surface area contributed by atoms with Gasteiger partial charge >= 0.3 is 5.97 Å². The number of hydrogen-bond donors (Lipinski definition) is 3. The fraction of sp³-hybridized carbons (Fsp3) is 0.929. The van der Waals surface area contributed by atoms with E-state index in [9.17, 15) is 14.3 Å². The summed E-state index contributed by atoms with van der Waals surface area (Å²) in [6, 6.07) is 0. The molecule has 0 radical (unpaired) electrons. The number of aliphatic hydroxyl groups excluding tert-OH is 2. The van der Waals surface area contributed by atoms with E-state index in [0.717, 1.165) is 0 Å². The maximum absolute atomic E-state index is 11.6. The van der Waals surface area contributed by atoms with Crippen LogP contribution in [-0.4, -0.2) is 78.7 Å². The van der Waals surface area contributed by atoms with Crippen LogP contribution in [0.3, 0.4) is 0 Å². The van der Waals surface area contributed by atoms with Crippen LogP contribution in [0.1, 0.15) is 26.2 Å². The van der Waals surface area contributed by atoms with Crippen LogP contribution in [0, 0.1) is 5.92 Å². The zero-order valence-corrected chi connectivity index (χ0v) is 15.6. The van der Waals surface area contributed by atoms with Gasteiger partial charge in [-0.3, -0.25) is 9.36 Å². The van der Waals surface area contributed by atoms with Crippen LogP contribution < -0.4 is 4.89 Å². The first-order valence-electron chi connectivity index (χ1n) is 7.81. The van der Waals surface area contributed by atoms with Gasteiger partial charge in [-0.25, -0.2) is 0 Å². The SMILES string of the molecule is CC(CCCC(=O)OC(CO)CO)C(C[N+](C)(C)C)OP(=O)([O-])O. The van der Waals surface area contributed by atoms with Crippen LogP contribution in [0.25, 0.3) is 0 Å². The minimum atomic E-state index is -4.85. The Hall–Kier alpha value is -0.540. The molecule has 9 nitrogen and oxygen atoms in total. The minimum Gasteiger partial charge on any atom is -0.756 e. The summed E-state index contributed by atoms with van der Waals surface area (Å²) >= 11 is 0. The van der Waals surface area contributed by atoms with E-state index in [1.54, 1.807) is 6.92 Å². The molecule has 0 bridgehead atoms. The largest absolute Gasteiger partial charge is 0.756 e. The Morgan fingerprint density at radius 2 is 1.79 bits per heavy atom. The van der Waals surface area contributed by atoms with Crippen molar-refractivity contribution >= 4 is 13.8 Å². The van der Waals surface area contributed by atoms with Crippen molar-refractivity contribution in [2.24, 2.45) is 5.92 Å². The van der Waals surface area contributed by atoms with Crippen LogP contribution in [0.2, 0.25) is 0 Å². The van der Waals surface area contributed by atoms with Gasteiger partial charge in [-0.05, 0) is 18.8 Å². The van der Waals surface area contributed by atoms with E-state index in [1.165, 1.54) is 0 Å². The van der Waals surface area contributed by atoms with Crippen LogP contribution in [0.5, 0.6) is 0 Å². The second-order valence-electron chi connectivity index (χ2n) is 6.93. The van der Waals surface area contributed by atoms with Crippen LogP contribution >= 0.6 is 7.82 Å². The number of ether oxygens (including phenoxy) is 1. The summed E-state index contributed by atoms with van der Waals surface area (Å²) in [5.41, 5.74) is 0. The number of quaternary nitrogens is 1. The summed E-state index contributed by atoms with van der Waals surface area (Å²) in [7, 11) is 0.770. The second-order valence-corrected chi connectivity index (χ2v) is 8.08. The van der Waals surface area contributed by atoms with Gasteiger partial charge in [0.25, 0.3) is 7.82 Å². The predicted octanol–water partition coefficient (Wildman–Crippen LogP) is -0.759. The molecule has 10 heteroatoms. The van der Waals surface area contributed by atoms with E-state index in [1.807, 2.05) is 21.1 Å². The molecule has 0 spiro atoms. The Morgan fingerprint density at radius 3 is 2.21 bits per heavy atom. The second kappa shape index (κ2) is 10.5. The number of carbonyl (C=O) groups excluding carboxylic acids is 1. The van der Waals surface area contributed by atoms with Gasteiger partial charge in [0.1, 0.15) is 18.8 Å². The van der Waals surface area contributed by atoms with Crippen molar-refractivity contribution in [2.45, 2.75) is 38.4 Å². The third-order valence-electron chi connectivity index (χ3n) is 3.38. The molecule has 0 aromatic rings. The molecule has 3 unspecified atom stereocenters. The molecule has 0 aliphatic carbocycles. The first-order valence-corrected chi connectivity index (χ1v) is 9.31. The minimum absolute atomic E-state index is 0.0755. The number of phosphoric acid groups is 1. The number of nitrogens with zero attached hydrogens (tertiary/aromatic N) is 1. The number of carbonyl (C=O) groups is 1. The molecule has 0 rings (SSSR count). The predicted molar refractivity (Wildman–Crippen MR) is 84.7 cm³/mol. The molecule has 3 atom stereocenters. The van der Waals surface area contributed by atoms with Gasteiger partial charge in [0, 0.05) is 6.42 Å². The summed E-state index contributed by atoms with van der Waals surface area (Å²) in [5, 5.41) is 17.7. The molecule has 0 aromatic carbocycles. The standard InChI is InChI=1S/C14H30NO8P/c1-11(6-5-7-14(18)22-12(9-16)10-17)13(8-15(2,3)4)23-24(19,20)21/h11-13,16-17H,5-10H2,1-4H3,(H-,19,20,21). The first-order chi connectivity index (χ1) is 10.9. The number of likely N-dealkylation sites (N-methyl/N-ethyl adjacent to an activating group) is 1. The molecule has 0 fully saturated rings. The van der Waals surface area contributed by atoms with Gasteiger partial charge in [0.05, 0.1) is 34.4 Å². The third kappa shape index (κ3) is 11.9. The zero-order chi connectivity index (χ0) is 19.0. The first kappa shape index (κ1) is 23.5. The van der Waals surface area contributed by atoms with Crippen LogP contribution in [0.15, 0.2) is 0 Å². The van der Waals surface area contributed by atoms with Gasteiger partial charge in [-0.1, -0.05) is 6.92 Å². The highest BCUT2D eigenvalue weighted by Crippen LogP contribution is 2.36. The van der Waals surface area contributed by atoms with Gasteiger partial charge < -0.3 is 33.7 Å². The average molecular weight is 371 g/mol. The Bertz CT molecular complexity index is 415. The molecule has 0 aliphatic heterocycles. The van der Waals surface area contributed by atoms with Crippen molar-refractivity contribution in [3.05, 3.63) is 0 Å². The lowest BCUT2D eigenvalue weighted by Gasteiger charge is -2.34. The fourth-order valence-electron chi connectivity index (χ4n) is 2.16. The van der Waals surface area contributed by atoms with Crippen molar-refractivity contribution in [1.82, 2.24) is 0 Å². The van der Waals surface area contributed by atoms with Gasteiger partial charge in [0.2, 0.25) is 0 Å². The van der Waals surface area contributed by atoms with Crippen LogP contribution in [-0.2, 0) is 18.6 Å². The molecule has 0 saturated carbocycles. The maximum Gasteiger partial charge on any atom is 0.306 e. The normalized spacial score (nSPS) is 17.4. The molecular formula is C14H30NO8P. The maximum atomic E-state index is 11.6. The summed E-state index contributed by atoms with van der Waals surface area (Å²) < 4.78 is 21.1. The number of esters is 1. The van der Waals surface area contributed by atoms with E-state index in [-0.39, 0.29) is 12.3 Å². The molecule has 0 saturated heterocycles. The molecular weight excluding hydrogens is 341 g/mol. The molecule has 0 aromatic heterocycles. The Morgan fingerprint density at radius 1 is 1.25 bits per heavy atom. The van der Waals surface area contributed by atoms with E-state index in [2.05, 4.69) is 0 Å². The Labute approximate surface area is 143 Å². The van der Waals surface area contributed by atoms with Gasteiger partial charge in [-0.2, -0.15) is 0 Å². The number of aliphatic hydroxyl groups is 2. The lowest BCUT2D eigenvalue weighted by Crippen LogP contribution is -2.44. The van der Waals surface area contributed by atoms with Gasteiger partial charge in [-0.15, -0.1) is 0 Å². The molecule has 3 N–H and O–H groups in total. The van der Waals surface area contributed by atoms with Crippen molar-refractivity contribution < 1.29 is 43.1 Å². The highest BCUT2D eigenvalue weighted by molar-refractivity contribution is 7.44. The zero-order valence-electron chi connectivity index (χ0n) is 14.8. The van der Waals surface area contributed by atoms with Gasteiger partial charge in [0.15, 0.2) is 0 Å². The Balaban J connectivity index is 4.48. The molecule has 0 aliphatic rings. The summed E-state index contributed by atoms with van der Waals surface area (Å²) in [5.74, 6) is -0.757. The van der Waals surface area contributed by atoms with Crippen molar-refractivity contribution in [1.29, 1.82) is 0 Å². The smallest absolute Gasteiger partial charge is 0.306 e. The highest BCUT2D eigenvalue weighted by Gasteiger charge is 2.28. The quantitative estimate of drug-likeness (QED) is 0.231. The molecule has 0 heterocycles. The lowest BCUT2D eigenvalue weighted by atomic mass is 9.97. The van der Waals surface area contributed by atoms with Crippen molar-refractivity contribution in [3.63, 3.8) is 0 Å². The molecule has 144 valence electrons. The fourth-order valence-corrected chi connectivity index (χ4v) is 2.78. The van der Waals surface area contributed by atoms with Crippen molar-refractivity contribution in [3.8, 4) is 0 Å².